The van der Waals surface area contributed by atoms with Crippen LogP contribution >= 0.6 is 0 Å². The molecular formula is C33H58N6O4S2. The van der Waals surface area contributed by atoms with Gasteiger partial charge >= 0.3 is 0 Å². The van der Waals surface area contributed by atoms with Crippen molar-refractivity contribution < 1.29 is 16.8 Å². The van der Waals surface area contributed by atoms with Gasteiger partial charge in [-0.2, -0.15) is 21.0 Å². The summed E-state index contributed by atoms with van der Waals surface area (Å²) in [7, 11) is -8.13. The molecule has 0 aliphatic rings. The van der Waals surface area contributed by atoms with Crippen molar-refractivity contribution in [3.8, 4) is 24.3 Å². The number of nitriles is 4. The minimum Gasteiger partial charge on any atom is -0.211 e. The van der Waals surface area contributed by atoms with Crippen LogP contribution in [0, 0.1) is 45.3 Å². The number of sulfonamides is 2. The molecule has 0 N–H and O–H groups in total. The molecule has 0 saturated heterocycles. The summed E-state index contributed by atoms with van der Waals surface area (Å²) >= 11 is 0. The first-order valence-electron chi connectivity index (χ1n) is 17.2. The van der Waals surface area contributed by atoms with E-state index in [2.05, 4.69) is 24.3 Å². The Morgan fingerprint density at radius 3 is 0.756 bits per heavy atom. The second-order valence-corrected chi connectivity index (χ2v) is 16.1. The van der Waals surface area contributed by atoms with Crippen molar-refractivity contribution >= 4 is 20.0 Å². The van der Waals surface area contributed by atoms with Gasteiger partial charge in [-0.15, -0.1) is 0 Å². The van der Waals surface area contributed by atoms with Crippen molar-refractivity contribution in [1.82, 2.24) is 8.61 Å². The van der Waals surface area contributed by atoms with Crippen molar-refractivity contribution in [2.24, 2.45) is 0 Å². The lowest BCUT2D eigenvalue weighted by Gasteiger charge is -2.26. The lowest BCUT2D eigenvalue weighted by Crippen LogP contribution is -2.42. The molecule has 0 atom stereocenters. The zero-order valence-electron chi connectivity index (χ0n) is 27.6. The molecule has 0 amide bonds. The molecule has 0 unspecified atom stereocenters. The first kappa shape index (κ1) is 42.8. The van der Waals surface area contributed by atoms with Crippen molar-refractivity contribution in [1.29, 1.82) is 21.0 Å². The van der Waals surface area contributed by atoms with Gasteiger partial charge in [0.05, 0.1) is 24.3 Å². The van der Waals surface area contributed by atoms with Gasteiger partial charge in [0.15, 0.2) is 5.08 Å². The van der Waals surface area contributed by atoms with E-state index in [9.17, 15) is 16.8 Å². The predicted octanol–water partition coefficient (Wildman–Crippen LogP) is 7.66. The van der Waals surface area contributed by atoms with Gasteiger partial charge in [-0.3, -0.25) is 0 Å². The number of hydrogen-bond acceptors (Lipinski definition) is 8. The molecule has 0 aromatic rings. The van der Waals surface area contributed by atoms with Gasteiger partial charge in [0.1, 0.15) is 0 Å². The van der Waals surface area contributed by atoms with E-state index >= 15 is 0 Å². The maximum atomic E-state index is 13.6. The van der Waals surface area contributed by atoms with Gasteiger partial charge in [-0.05, 0) is 51.4 Å². The van der Waals surface area contributed by atoms with Crippen molar-refractivity contribution in [2.45, 2.75) is 154 Å². The third-order valence-electron chi connectivity index (χ3n) is 7.87. The maximum absolute atomic E-state index is 13.6. The molecule has 0 aliphatic carbocycles. The summed E-state index contributed by atoms with van der Waals surface area (Å²) in [5, 5.41) is 33.9. The molecule has 0 radical (unpaired) electrons. The van der Waals surface area contributed by atoms with Crippen LogP contribution in [0.1, 0.15) is 154 Å². The standard InChI is InChI=1S/C33H58N6O4S2/c34-25-17-9-1-5-13-21-29-38(30-22-14-6-2-10-18-26-35)44(40,41)33-45(42,43)39(31-23-15-7-3-11-19-27-36)32-24-16-8-4-12-20-28-37/h1-24,29-33H2. The first-order valence-corrected chi connectivity index (χ1v) is 20.4. The fourth-order valence-electron chi connectivity index (χ4n) is 5.21. The summed E-state index contributed by atoms with van der Waals surface area (Å²) in [6, 6.07) is 8.56. The molecule has 256 valence electrons. The Kier molecular flexibility index (Phi) is 27.8. The van der Waals surface area contributed by atoms with Gasteiger partial charge in [-0.25, -0.2) is 25.4 Å². The Balaban J connectivity index is 5.35. The molecule has 0 spiro atoms. The van der Waals surface area contributed by atoms with Gasteiger partial charge in [0, 0.05) is 51.9 Å². The van der Waals surface area contributed by atoms with E-state index in [1.54, 1.807) is 0 Å². The smallest absolute Gasteiger partial charge is 0.211 e. The number of hydrogen-bond donors (Lipinski definition) is 0. The Morgan fingerprint density at radius 2 is 0.533 bits per heavy atom. The topological polar surface area (TPSA) is 170 Å². The molecule has 0 fully saturated rings. The van der Waals surface area contributed by atoms with Gasteiger partial charge in [0.2, 0.25) is 20.0 Å². The Labute approximate surface area is 275 Å². The third-order valence-corrected chi connectivity index (χ3v) is 12.6. The van der Waals surface area contributed by atoms with Crippen LogP contribution in [-0.2, 0) is 20.0 Å². The van der Waals surface area contributed by atoms with E-state index in [1.807, 2.05) is 0 Å². The highest BCUT2D eigenvalue weighted by molar-refractivity contribution is 8.05. The second-order valence-electron chi connectivity index (χ2n) is 11.8. The maximum Gasteiger partial charge on any atom is 0.229 e. The molecule has 0 bridgehead atoms. The highest BCUT2D eigenvalue weighted by Gasteiger charge is 2.32. The normalized spacial score (nSPS) is 11.7. The summed E-state index contributed by atoms with van der Waals surface area (Å²) in [5.41, 5.74) is 0. The zero-order chi connectivity index (χ0) is 33.5. The lowest BCUT2D eigenvalue weighted by atomic mass is 10.1. The van der Waals surface area contributed by atoms with Crippen molar-refractivity contribution in [3.05, 3.63) is 0 Å². The fraction of sp³-hybridized carbons (Fsp3) is 0.879. The Bertz CT molecular complexity index is 974. The van der Waals surface area contributed by atoms with E-state index in [0.717, 1.165) is 103 Å². The van der Waals surface area contributed by atoms with Crippen LogP contribution in [-0.4, -0.2) is 56.7 Å². The number of nitrogens with zero attached hydrogens (tertiary/aromatic N) is 6. The minimum atomic E-state index is -4.06. The van der Waals surface area contributed by atoms with Gasteiger partial charge < -0.3 is 0 Å². The van der Waals surface area contributed by atoms with Crippen molar-refractivity contribution in [3.63, 3.8) is 0 Å². The van der Waals surface area contributed by atoms with Crippen LogP contribution in [0.3, 0.4) is 0 Å². The zero-order valence-corrected chi connectivity index (χ0v) is 29.3. The number of unbranched alkanes of at least 4 members (excludes halogenated alkanes) is 20. The van der Waals surface area contributed by atoms with Gasteiger partial charge in [-0.1, -0.05) is 77.0 Å². The Hall–Kier alpha value is -2.22. The number of rotatable bonds is 32. The van der Waals surface area contributed by atoms with E-state index < -0.39 is 25.1 Å². The average Bonchev–Trinajstić information content (AvgIpc) is 3.00. The predicted molar refractivity (Wildman–Crippen MR) is 179 cm³/mol. The largest absolute Gasteiger partial charge is 0.229 e. The molecule has 0 aliphatic heterocycles. The molecule has 10 nitrogen and oxygen atoms in total. The van der Waals surface area contributed by atoms with Crippen LogP contribution in [0.25, 0.3) is 0 Å². The molecular weight excluding hydrogens is 609 g/mol. The van der Waals surface area contributed by atoms with Crippen LogP contribution in [0.4, 0.5) is 0 Å². The molecule has 0 rings (SSSR count). The van der Waals surface area contributed by atoms with Crippen LogP contribution in [0.15, 0.2) is 0 Å². The fourth-order valence-corrected chi connectivity index (χ4v) is 9.53. The summed E-state index contributed by atoms with van der Waals surface area (Å²) in [6.45, 7) is 1.15. The van der Waals surface area contributed by atoms with Crippen LogP contribution in [0.2, 0.25) is 0 Å². The second kappa shape index (κ2) is 29.2. The summed E-state index contributed by atoms with van der Waals surface area (Å²) in [6.07, 6.45) is 18.6. The summed E-state index contributed by atoms with van der Waals surface area (Å²) in [4.78, 5) is 0. The SMILES string of the molecule is N#CCCCCCCCN(CCCCCCCC#N)S(=O)(=O)CS(=O)(=O)N(CCCCCCCC#N)CCCCCCCC#N. The highest BCUT2D eigenvalue weighted by Crippen LogP contribution is 2.18. The molecule has 45 heavy (non-hydrogen) atoms. The molecule has 0 aromatic carbocycles. The highest BCUT2D eigenvalue weighted by atomic mass is 32.3. The van der Waals surface area contributed by atoms with Crippen molar-refractivity contribution in [2.75, 3.05) is 31.3 Å². The first-order chi connectivity index (χ1) is 21.7. The molecule has 0 aromatic heterocycles. The lowest BCUT2D eigenvalue weighted by molar-refractivity contribution is 0.377. The van der Waals surface area contributed by atoms with E-state index in [1.165, 1.54) is 8.61 Å². The quantitative estimate of drug-likeness (QED) is 0.0659. The van der Waals surface area contributed by atoms with Crippen LogP contribution < -0.4 is 0 Å². The van der Waals surface area contributed by atoms with E-state index in [4.69, 9.17) is 21.0 Å². The summed E-state index contributed by atoms with van der Waals surface area (Å²) < 4.78 is 57.2. The molecule has 12 heteroatoms. The minimum absolute atomic E-state index is 0.288. The third kappa shape index (κ3) is 24.7. The Morgan fingerprint density at radius 1 is 0.333 bits per heavy atom. The molecule has 0 saturated carbocycles. The van der Waals surface area contributed by atoms with Crippen LogP contribution in [0.5, 0.6) is 0 Å². The van der Waals surface area contributed by atoms with Gasteiger partial charge in [0.25, 0.3) is 0 Å². The monoisotopic (exact) mass is 666 g/mol. The molecule has 0 heterocycles. The average molecular weight is 667 g/mol. The summed E-state index contributed by atoms with van der Waals surface area (Å²) in [5.74, 6) is 0. The van der Waals surface area contributed by atoms with E-state index in [0.29, 0.717) is 51.4 Å². The van der Waals surface area contributed by atoms with E-state index in [-0.39, 0.29) is 26.2 Å².